The second kappa shape index (κ2) is 10.1. The summed E-state index contributed by atoms with van der Waals surface area (Å²) in [6.45, 7) is -0.289. The number of nitrogens with one attached hydrogen (secondary N) is 1. The van der Waals surface area contributed by atoms with Crippen LogP contribution in [0.5, 0.6) is 0 Å². The number of amides is 1. The molecule has 0 bridgehead atoms. The minimum absolute atomic E-state index is 0.0476. The number of sulfonamides is 1. The monoisotopic (exact) mass is 570 g/mol. The van der Waals surface area contributed by atoms with Gasteiger partial charge in [0.1, 0.15) is 0 Å². The van der Waals surface area contributed by atoms with Gasteiger partial charge in [-0.2, -0.15) is 4.31 Å². The van der Waals surface area contributed by atoms with E-state index in [1.807, 2.05) is 12.1 Å². The van der Waals surface area contributed by atoms with Crippen molar-refractivity contribution < 1.29 is 13.2 Å². The zero-order valence-electron chi connectivity index (χ0n) is 15.6. The van der Waals surface area contributed by atoms with Gasteiger partial charge in [-0.1, -0.05) is 55.6 Å². The molecular formula is C21H17Br2ClN2O3S. The van der Waals surface area contributed by atoms with E-state index in [0.717, 1.165) is 18.8 Å². The summed E-state index contributed by atoms with van der Waals surface area (Å²) < 4.78 is 29.4. The number of hydrogen-bond donors (Lipinski definition) is 1. The van der Waals surface area contributed by atoms with Crippen LogP contribution in [0, 0.1) is 0 Å². The molecule has 0 aliphatic heterocycles. The Labute approximate surface area is 197 Å². The van der Waals surface area contributed by atoms with Gasteiger partial charge >= 0.3 is 0 Å². The molecule has 0 unspecified atom stereocenters. The molecule has 0 saturated carbocycles. The molecule has 156 valence electrons. The van der Waals surface area contributed by atoms with Crippen molar-refractivity contribution in [1.29, 1.82) is 0 Å². The van der Waals surface area contributed by atoms with Crippen molar-refractivity contribution >= 4 is 65.1 Å². The molecule has 0 atom stereocenters. The number of anilines is 1. The highest BCUT2D eigenvalue weighted by atomic mass is 79.9. The molecule has 0 radical (unpaired) electrons. The lowest BCUT2D eigenvalue weighted by Gasteiger charge is -2.22. The molecule has 5 nitrogen and oxygen atoms in total. The van der Waals surface area contributed by atoms with Crippen molar-refractivity contribution in [2.45, 2.75) is 11.4 Å². The number of carbonyl (C=O) groups is 1. The summed E-state index contributed by atoms with van der Waals surface area (Å²) in [6, 6.07) is 20.2. The van der Waals surface area contributed by atoms with Crippen LogP contribution < -0.4 is 5.32 Å². The fourth-order valence-corrected chi connectivity index (χ4v) is 4.71. The van der Waals surface area contributed by atoms with E-state index in [-0.39, 0.29) is 18.0 Å². The molecule has 0 spiro atoms. The van der Waals surface area contributed by atoms with Gasteiger partial charge in [-0.3, -0.25) is 4.79 Å². The van der Waals surface area contributed by atoms with Gasteiger partial charge in [0, 0.05) is 26.2 Å². The van der Waals surface area contributed by atoms with Crippen LogP contribution in [0.2, 0.25) is 5.02 Å². The molecular weight excluding hydrogens is 556 g/mol. The largest absolute Gasteiger partial charge is 0.325 e. The van der Waals surface area contributed by atoms with Crippen molar-refractivity contribution in [3.05, 3.63) is 92.3 Å². The molecule has 0 aliphatic carbocycles. The van der Waals surface area contributed by atoms with Crippen LogP contribution in [-0.2, 0) is 21.4 Å². The van der Waals surface area contributed by atoms with Crippen molar-refractivity contribution in [2.75, 3.05) is 11.9 Å². The van der Waals surface area contributed by atoms with Crippen LogP contribution in [0.25, 0.3) is 0 Å². The summed E-state index contributed by atoms with van der Waals surface area (Å²) in [4.78, 5) is 12.7. The van der Waals surface area contributed by atoms with E-state index in [0.29, 0.717) is 10.7 Å². The van der Waals surface area contributed by atoms with Crippen LogP contribution in [0.15, 0.2) is 86.6 Å². The zero-order chi connectivity index (χ0) is 21.7. The van der Waals surface area contributed by atoms with Gasteiger partial charge < -0.3 is 5.32 Å². The predicted molar refractivity (Wildman–Crippen MR) is 126 cm³/mol. The second-order valence-electron chi connectivity index (χ2n) is 6.41. The van der Waals surface area contributed by atoms with Gasteiger partial charge in [0.25, 0.3) is 0 Å². The normalized spacial score (nSPS) is 11.5. The average molecular weight is 573 g/mol. The number of rotatable bonds is 7. The highest BCUT2D eigenvalue weighted by Gasteiger charge is 2.27. The first-order chi connectivity index (χ1) is 14.2. The first-order valence-corrected chi connectivity index (χ1v) is 12.2. The highest BCUT2D eigenvalue weighted by Crippen LogP contribution is 2.22. The van der Waals surface area contributed by atoms with Gasteiger partial charge in [0.2, 0.25) is 15.9 Å². The van der Waals surface area contributed by atoms with E-state index in [1.54, 1.807) is 36.4 Å². The van der Waals surface area contributed by atoms with E-state index in [2.05, 4.69) is 37.2 Å². The van der Waals surface area contributed by atoms with Crippen LogP contribution in [-0.4, -0.2) is 25.2 Å². The summed E-state index contributed by atoms with van der Waals surface area (Å²) in [5.74, 6) is -0.438. The van der Waals surface area contributed by atoms with Crippen molar-refractivity contribution in [3.63, 3.8) is 0 Å². The summed E-state index contributed by atoms with van der Waals surface area (Å²) in [5, 5.41) is 3.16. The second-order valence-corrected chi connectivity index (χ2v) is 10.6. The molecule has 3 aromatic rings. The Kier molecular flexibility index (Phi) is 7.70. The van der Waals surface area contributed by atoms with Crippen LogP contribution >= 0.6 is 43.5 Å². The van der Waals surface area contributed by atoms with E-state index in [4.69, 9.17) is 11.6 Å². The van der Waals surface area contributed by atoms with Gasteiger partial charge in [0.05, 0.1) is 11.4 Å². The van der Waals surface area contributed by atoms with E-state index >= 15 is 0 Å². The maximum absolute atomic E-state index is 13.2. The van der Waals surface area contributed by atoms with E-state index in [9.17, 15) is 13.2 Å². The van der Waals surface area contributed by atoms with Crippen molar-refractivity contribution in [2.24, 2.45) is 0 Å². The van der Waals surface area contributed by atoms with Gasteiger partial charge in [-0.25, -0.2) is 8.42 Å². The van der Waals surface area contributed by atoms with E-state index in [1.165, 1.54) is 24.3 Å². The first kappa shape index (κ1) is 23.0. The molecule has 0 aliphatic rings. The highest BCUT2D eigenvalue weighted by molar-refractivity contribution is 9.10. The summed E-state index contributed by atoms with van der Waals surface area (Å²) >= 11 is 12.6. The molecule has 3 rings (SSSR count). The Balaban J connectivity index is 1.86. The fourth-order valence-electron chi connectivity index (χ4n) is 2.67. The third kappa shape index (κ3) is 6.15. The predicted octanol–water partition coefficient (Wildman–Crippen LogP) is 5.69. The van der Waals surface area contributed by atoms with Gasteiger partial charge in [-0.05, 0) is 66.2 Å². The lowest BCUT2D eigenvalue weighted by Crippen LogP contribution is -2.37. The molecule has 3 aromatic carbocycles. The summed E-state index contributed by atoms with van der Waals surface area (Å²) in [6.07, 6.45) is 0. The first-order valence-electron chi connectivity index (χ1n) is 8.79. The number of nitrogens with zero attached hydrogens (tertiary/aromatic N) is 1. The molecule has 0 fully saturated rings. The number of carbonyl (C=O) groups excluding carboxylic acids is 1. The molecule has 0 aromatic heterocycles. The Bertz CT molecular complexity index is 1120. The van der Waals surface area contributed by atoms with Crippen molar-refractivity contribution in [1.82, 2.24) is 4.31 Å². The lowest BCUT2D eigenvalue weighted by molar-refractivity contribution is -0.116. The molecule has 0 saturated heterocycles. The minimum atomic E-state index is -3.93. The third-order valence-corrected chi connectivity index (χ3v) is 7.29. The number of hydrogen-bond acceptors (Lipinski definition) is 3. The topological polar surface area (TPSA) is 66.5 Å². The van der Waals surface area contributed by atoms with Gasteiger partial charge in [-0.15, -0.1) is 0 Å². The summed E-state index contributed by atoms with van der Waals surface area (Å²) in [5.41, 5.74) is 1.34. The Hall–Kier alpha value is -1.71. The number of benzene rings is 3. The number of halogens is 3. The molecule has 1 N–H and O–H groups in total. The fraction of sp³-hybridized carbons (Fsp3) is 0.0952. The lowest BCUT2D eigenvalue weighted by atomic mass is 10.2. The smallest absolute Gasteiger partial charge is 0.243 e. The molecule has 1 amide bonds. The van der Waals surface area contributed by atoms with Crippen LogP contribution in [0.1, 0.15) is 5.56 Å². The maximum atomic E-state index is 13.2. The van der Waals surface area contributed by atoms with Crippen LogP contribution in [0.4, 0.5) is 5.69 Å². The molecule has 0 heterocycles. The Morgan fingerprint density at radius 2 is 1.40 bits per heavy atom. The standard InChI is InChI=1S/C21H17Br2ClN2O3S/c22-16-3-1-15(2-4-16)13-26(30(28,29)20-11-7-18(24)8-12-20)14-21(27)25-19-9-5-17(23)6-10-19/h1-12H,13-14H2,(H,25,27). The molecule has 30 heavy (non-hydrogen) atoms. The average Bonchev–Trinajstić information content (AvgIpc) is 2.71. The zero-order valence-corrected chi connectivity index (χ0v) is 20.3. The maximum Gasteiger partial charge on any atom is 0.243 e. The van der Waals surface area contributed by atoms with E-state index < -0.39 is 15.9 Å². The van der Waals surface area contributed by atoms with Crippen molar-refractivity contribution in [3.8, 4) is 0 Å². The minimum Gasteiger partial charge on any atom is -0.325 e. The third-order valence-electron chi connectivity index (χ3n) is 4.17. The summed E-state index contributed by atoms with van der Waals surface area (Å²) in [7, 11) is -3.93. The molecule has 9 heteroatoms. The Morgan fingerprint density at radius 3 is 1.97 bits per heavy atom. The van der Waals surface area contributed by atoms with Gasteiger partial charge in [0.15, 0.2) is 0 Å². The SMILES string of the molecule is O=C(CN(Cc1ccc(Br)cc1)S(=O)(=O)c1ccc(Cl)cc1)Nc1ccc(Br)cc1. The quantitative estimate of drug-likeness (QED) is 0.395. The van der Waals surface area contributed by atoms with Crippen LogP contribution in [0.3, 0.4) is 0 Å². The Morgan fingerprint density at radius 1 is 0.867 bits per heavy atom.